The first-order chi connectivity index (χ1) is 11.1. The van der Waals surface area contributed by atoms with Crippen molar-refractivity contribution in [2.24, 2.45) is 0 Å². The van der Waals surface area contributed by atoms with Crippen molar-refractivity contribution >= 4 is 17.5 Å². The molecule has 1 unspecified atom stereocenters. The molecule has 0 saturated heterocycles. The number of nitrogens with zero attached hydrogens (tertiary/aromatic N) is 1. The number of carbonyl (C=O) groups excluding carboxylic acids is 2. The van der Waals surface area contributed by atoms with Gasteiger partial charge in [0.2, 0.25) is 5.91 Å². The van der Waals surface area contributed by atoms with Crippen LogP contribution in [0.2, 0.25) is 0 Å². The zero-order valence-corrected chi connectivity index (χ0v) is 12.8. The summed E-state index contributed by atoms with van der Waals surface area (Å²) in [7, 11) is 0. The lowest BCUT2D eigenvalue weighted by molar-refractivity contribution is -0.116. The van der Waals surface area contributed by atoms with Crippen molar-refractivity contribution in [1.82, 2.24) is 5.32 Å². The predicted octanol–water partition coefficient (Wildman–Crippen LogP) is 1.65. The van der Waals surface area contributed by atoms with Crippen LogP contribution in [-0.4, -0.2) is 30.0 Å². The molecule has 6 nitrogen and oxygen atoms in total. The third-order valence-corrected chi connectivity index (χ3v) is 3.94. The number of aliphatic hydroxyl groups excluding tert-OH is 1. The van der Waals surface area contributed by atoms with Crippen LogP contribution in [0.15, 0.2) is 41.0 Å². The van der Waals surface area contributed by atoms with Crippen LogP contribution < -0.4 is 10.2 Å². The highest BCUT2D eigenvalue weighted by atomic mass is 16.4. The number of amides is 2. The monoisotopic (exact) mass is 314 g/mol. The first-order valence-corrected chi connectivity index (χ1v) is 7.47. The van der Waals surface area contributed by atoms with Crippen molar-refractivity contribution in [2.75, 3.05) is 18.0 Å². The molecule has 2 aromatic rings. The summed E-state index contributed by atoms with van der Waals surface area (Å²) < 4.78 is 5.09. The molecule has 0 radical (unpaired) electrons. The largest absolute Gasteiger partial charge is 0.467 e. The Morgan fingerprint density at radius 1 is 1.39 bits per heavy atom. The van der Waals surface area contributed by atoms with Crippen LogP contribution in [0.1, 0.15) is 34.7 Å². The second kappa shape index (κ2) is 6.26. The lowest BCUT2D eigenvalue weighted by Crippen LogP contribution is -2.28. The van der Waals surface area contributed by atoms with Crippen molar-refractivity contribution in [3.63, 3.8) is 0 Å². The maximum Gasteiger partial charge on any atom is 0.251 e. The molecule has 0 spiro atoms. The summed E-state index contributed by atoms with van der Waals surface area (Å²) >= 11 is 0. The summed E-state index contributed by atoms with van der Waals surface area (Å²) in [5.74, 6) is 0.151. The van der Waals surface area contributed by atoms with Gasteiger partial charge in [0.25, 0.3) is 5.91 Å². The van der Waals surface area contributed by atoms with Gasteiger partial charge in [-0.15, -0.1) is 0 Å². The summed E-state index contributed by atoms with van der Waals surface area (Å²) in [6.45, 7) is 2.25. The maximum atomic E-state index is 12.2. The van der Waals surface area contributed by atoms with Gasteiger partial charge in [-0.1, -0.05) is 0 Å². The highest BCUT2D eigenvalue weighted by Gasteiger charge is 2.23. The Labute approximate surface area is 133 Å². The van der Waals surface area contributed by atoms with E-state index in [1.54, 1.807) is 35.2 Å². The van der Waals surface area contributed by atoms with E-state index in [2.05, 4.69) is 5.32 Å². The fourth-order valence-corrected chi connectivity index (χ4v) is 2.74. The number of anilines is 1. The number of fused-ring (bicyclic) bond motifs is 1. The Kier molecular flexibility index (Phi) is 4.16. The van der Waals surface area contributed by atoms with Crippen molar-refractivity contribution in [3.05, 3.63) is 53.5 Å². The van der Waals surface area contributed by atoms with E-state index < -0.39 is 6.10 Å². The van der Waals surface area contributed by atoms with Gasteiger partial charge >= 0.3 is 0 Å². The summed E-state index contributed by atoms with van der Waals surface area (Å²) in [6, 6.07) is 8.62. The van der Waals surface area contributed by atoms with Gasteiger partial charge in [-0.2, -0.15) is 0 Å². The Hall–Kier alpha value is -2.60. The minimum Gasteiger partial charge on any atom is -0.467 e. The van der Waals surface area contributed by atoms with Crippen LogP contribution >= 0.6 is 0 Å². The van der Waals surface area contributed by atoms with Crippen LogP contribution in [0.3, 0.4) is 0 Å². The molecule has 1 aliphatic heterocycles. The quantitative estimate of drug-likeness (QED) is 0.899. The van der Waals surface area contributed by atoms with Crippen LogP contribution in [0, 0.1) is 0 Å². The second-order valence-corrected chi connectivity index (χ2v) is 5.51. The standard InChI is InChI=1S/C17H18N2O4/c1-11(20)19-7-6-12-9-13(4-5-14(12)19)17(22)18-10-15(21)16-3-2-8-23-16/h2-5,8-9,15,21H,6-7,10H2,1H3,(H,18,22). The number of carbonyl (C=O) groups is 2. The molecule has 0 bridgehead atoms. The van der Waals surface area contributed by atoms with Gasteiger partial charge in [-0.3, -0.25) is 9.59 Å². The van der Waals surface area contributed by atoms with Gasteiger partial charge in [0.1, 0.15) is 11.9 Å². The molecule has 0 fully saturated rings. The van der Waals surface area contributed by atoms with E-state index in [0.29, 0.717) is 17.9 Å². The molecule has 1 atom stereocenters. The Morgan fingerprint density at radius 3 is 2.91 bits per heavy atom. The van der Waals surface area contributed by atoms with E-state index in [1.807, 2.05) is 0 Å². The summed E-state index contributed by atoms with van der Waals surface area (Å²) in [5, 5.41) is 12.6. The molecule has 3 rings (SSSR count). The summed E-state index contributed by atoms with van der Waals surface area (Å²) in [6.07, 6.45) is 1.34. The maximum absolute atomic E-state index is 12.2. The molecular weight excluding hydrogens is 296 g/mol. The molecule has 2 heterocycles. The zero-order valence-electron chi connectivity index (χ0n) is 12.8. The van der Waals surface area contributed by atoms with Gasteiger partial charge in [0.15, 0.2) is 0 Å². The first-order valence-electron chi connectivity index (χ1n) is 7.47. The predicted molar refractivity (Wildman–Crippen MR) is 84.2 cm³/mol. The molecule has 2 N–H and O–H groups in total. The highest BCUT2D eigenvalue weighted by Crippen LogP contribution is 2.28. The molecule has 1 aromatic heterocycles. The average Bonchev–Trinajstić information content (AvgIpc) is 3.20. The SMILES string of the molecule is CC(=O)N1CCc2cc(C(=O)NCC(O)c3ccco3)ccc21. The van der Waals surface area contributed by atoms with Crippen molar-refractivity contribution in [1.29, 1.82) is 0 Å². The lowest BCUT2D eigenvalue weighted by atomic mass is 10.1. The van der Waals surface area contributed by atoms with E-state index in [9.17, 15) is 14.7 Å². The van der Waals surface area contributed by atoms with Crippen LogP contribution in [0.25, 0.3) is 0 Å². The molecule has 1 aliphatic rings. The number of furan rings is 1. The third-order valence-electron chi connectivity index (χ3n) is 3.94. The zero-order chi connectivity index (χ0) is 16.4. The molecule has 0 aliphatic carbocycles. The highest BCUT2D eigenvalue weighted by molar-refractivity contribution is 5.97. The number of hydrogen-bond donors (Lipinski definition) is 2. The van der Waals surface area contributed by atoms with Crippen LogP contribution in [0.4, 0.5) is 5.69 Å². The van der Waals surface area contributed by atoms with Crippen molar-refractivity contribution in [3.8, 4) is 0 Å². The molecule has 2 amide bonds. The minimum absolute atomic E-state index is 0.00233. The van der Waals surface area contributed by atoms with Crippen LogP contribution in [-0.2, 0) is 11.2 Å². The van der Waals surface area contributed by atoms with Gasteiger partial charge in [-0.05, 0) is 42.3 Å². The summed E-state index contributed by atoms with van der Waals surface area (Å²) in [5.41, 5.74) is 2.37. The van der Waals surface area contributed by atoms with Gasteiger partial charge in [0, 0.05) is 24.7 Å². The fraction of sp³-hybridized carbons (Fsp3) is 0.294. The fourth-order valence-electron chi connectivity index (χ4n) is 2.74. The number of rotatable bonds is 4. The van der Waals surface area contributed by atoms with Gasteiger partial charge in [0.05, 0.1) is 12.8 Å². The van der Waals surface area contributed by atoms with E-state index in [-0.39, 0.29) is 18.4 Å². The lowest BCUT2D eigenvalue weighted by Gasteiger charge is -2.15. The van der Waals surface area contributed by atoms with Gasteiger partial charge in [-0.25, -0.2) is 0 Å². The van der Waals surface area contributed by atoms with Gasteiger partial charge < -0.3 is 19.7 Å². The third kappa shape index (κ3) is 3.12. The van der Waals surface area contributed by atoms with E-state index in [4.69, 9.17) is 4.42 Å². The smallest absolute Gasteiger partial charge is 0.251 e. The molecule has 6 heteroatoms. The molecular formula is C17H18N2O4. The van der Waals surface area contributed by atoms with Crippen molar-refractivity contribution in [2.45, 2.75) is 19.4 Å². The van der Waals surface area contributed by atoms with Crippen LogP contribution in [0.5, 0.6) is 0 Å². The number of benzene rings is 1. The number of aliphatic hydroxyl groups is 1. The Balaban J connectivity index is 1.66. The topological polar surface area (TPSA) is 82.8 Å². The minimum atomic E-state index is -0.878. The van der Waals surface area contributed by atoms with Crippen molar-refractivity contribution < 1.29 is 19.1 Å². The molecule has 120 valence electrons. The molecule has 23 heavy (non-hydrogen) atoms. The normalized spacial score (nSPS) is 14.4. The first kappa shape index (κ1) is 15.3. The number of nitrogens with one attached hydrogen (secondary N) is 1. The number of hydrogen-bond acceptors (Lipinski definition) is 4. The Bertz CT molecular complexity index is 724. The molecule has 1 aromatic carbocycles. The average molecular weight is 314 g/mol. The van der Waals surface area contributed by atoms with E-state index in [1.165, 1.54) is 13.2 Å². The van der Waals surface area contributed by atoms with E-state index in [0.717, 1.165) is 17.7 Å². The van der Waals surface area contributed by atoms with E-state index >= 15 is 0 Å². The summed E-state index contributed by atoms with van der Waals surface area (Å²) in [4.78, 5) is 25.4. The second-order valence-electron chi connectivity index (χ2n) is 5.51. The Morgan fingerprint density at radius 2 is 2.22 bits per heavy atom. The molecule has 0 saturated carbocycles.